The third kappa shape index (κ3) is 6.53. The minimum absolute atomic E-state index is 0.0153. The van der Waals surface area contributed by atoms with E-state index in [0.717, 1.165) is 4.31 Å². The number of nitro benzene ring substituents is 1. The molecule has 2 aromatic carbocycles. The quantitative estimate of drug-likeness (QED) is 0.329. The molecule has 0 aromatic heterocycles. The van der Waals surface area contributed by atoms with Crippen LogP contribution in [0.25, 0.3) is 0 Å². The van der Waals surface area contributed by atoms with Crippen molar-refractivity contribution in [1.82, 2.24) is 5.32 Å². The average molecular weight is 436 g/mol. The zero-order valence-corrected chi connectivity index (χ0v) is 17.7. The summed E-state index contributed by atoms with van der Waals surface area (Å²) in [6.07, 6.45) is 0.682. The van der Waals surface area contributed by atoms with Gasteiger partial charge in [-0.1, -0.05) is 18.2 Å². The SMILES string of the molecule is CC(C)OCCCNC(=O)CN(c1ccc([N+](=O)[O-])cc1)S(=O)(=O)c1ccccc1. The fourth-order valence-electron chi connectivity index (χ4n) is 2.58. The standard InChI is InChI=1S/C20H25N3O6S/c1-16(2)29-14-6-13-21-20(24)15-22(17-9-11-18(12-10-17)23(25)26)30(27,28)19-7-4-3-5-8-19/h3-5,7-12,16H,6,13-15H2,1-2H3,(H,21,24). The Bertz CT molecular complexity index is 946. The number of hydrogen-bond donors (Lipinski definition) is 1. The van der Waals surface area contributed by atoms with Crippen molar-refractivity contribution in [1.29, 1.82) is 0 Å². The number of carbonyl (C=O) groups excluding carboxylic acids is 1. The number of ether oxygens (including phenoxy) is 1. The number of amides is 1. The van der Waals surface area contributed by atoms with Crippen LogP contribution in [0.5, 0.6) is 0 Å². The van der Waals surface area contributed by atoms with E-state index in [2.05, 4.69) is 5.32 Å². The molecule has 0 bridgehead atoms. The monoisotopic (exact) mass is 435 g/mol. The number of nitro groups is 1. The maximum atomic E-state index is 13.1. The number of anilines is 1. The normalized spacial score (nSPS) is 11.3. The van der Waals surface area contributed by atoms with Crippen molar-refractivity contribution in [2.45, 2.75) is 31.3 Å². The lowest BCUT2D eigenvalue weighted by Gasteiger charge is -2.24. The summed E-state index contributed by atoms with van der Waals surface area (Å²) < 4.78 is 32.6. The van der Waals surface area contributed by atoms with Crippen LogP contribution >= 0.6 is 0 Å². The zero-order chi connectivity index (χ0) is 22.1. The Labute approximate surface area is 175 Å². The third-order valence-corrected chi connectivity index (χ3v) is 5.85. The fourth-order valence-corrected chi connectivity index (χ4v) is 4.02. The van der Waals surface area contributed by atoms with Crippen molar-refractivity contribution in [3.63, 3.8) is 0 Å². The fraction of sp³-hybridized carbons (Fsp3) is 0.350. The molecule has 0 atom stereocenters. The highest BCUT2D eigenvalue weighted by Crippen LogP contribution is 2.25. The molecule has 10 heteroatoms. The number of hydrogen-bond acceptors (Lipinski definition) is 6. The average Bonchev–Trinajstić information content (AvgIpc) is 2.72. The number of non-ortho nitro benzene ring substituents is 1. The molecule has 0 radical (unpaired) electrons. The van der Waals surface area contributed by atoms with Crippen LogP contribution in [-0.4, -0.2) is 45.0 Å². The Morgan fingerprint density at radius 1 is 1.13 bits per heavy atom. The van der Waals surface area contributed by atoms with Gasteiger partial charge >= 0.3 is 0 Å². The molecule has 0 heterocycles. The largest absolute Gasteiger partial charge is 0.379 e. The summed E-state index contributed by atoms with van der Waals surface area (Å²) in [5.74, 6) is -0.489. The highest BCUT2D eigenvalue weighted by molar-refractivity contribution is 7.92. The molecular weight excluding hydrogens is 410 g/mol. The van der Waals surface area contributed by atoms with Gasteiger partial charge in [-0.3, -0.25) is 19.2 Å². The van der Waals surface area contributed by atoms with Crippen LogP contribution in [0.15, 0.2) is 59.5 Å². The second-order valence-electron chi connectivity index (χ2n) is 6.72. The van der Waals surface area contributed by atoms with Gasteiger partial charge in [0.05, 0.1) is 21.6 Å². The van der Waals surface area contributed by atoms with E-state index in [1.807, 2.05) is 13.8 Å². The van der Waals surface area contributed by atoms with Gasteiger partial charge in [0, 0.05) is 25.3 Å². The molecule has 0 fully saturated rings. The maximum absolute atomic E-state index is 13.1. The number of sulfonamides is 1. The van der Waals surface area contributed by atoms with E-state index in [9.17, 15) is 23.3 Å². The summed E-state index contributed by atoms with van der Waals surface area (Å²) in [7, 11) is -4.05. The van der Waals surface area contributed by atoms with Gasteiger partial charge in [0.25, 0.3) is 15.7 Å². The second-order valence-corrected chi connectivity index (χ2v) is 8.58. The topological polar surface area (TPSA) is 119 Å². The molecular formula is C20H25N3O6S. The highest BCUT2D eigenvalue weighted by Gasteiger charge is 2.27. The van der Waals surface area contributed by atoms with Crippen LogP contribution < -0.4 is 9.62 Å². The Hall–Kier alpha value is -2.98. The van der Waals surface area contributed by atoms with Gasteiger partial charge in [0.1, 0.15) is 6.54 Å². The summed E-state index contributed by atoms with van der Waals surface area (Å²) in [6, 6.07) is 12.7. The Morgan fingerprint density at radius 3 is 2.33 bits per heavy atom. The number of rotatable bonds is 11. The third-order valence-electron chi connectivity index (χ3n) is 4.06. The van der Waals surface area contributed by atoms with Gasteiger partial charge in [-0.15, -0.1) is 0 Å². The molecule has 0 aliphatic rings. The van der Waals surface area contributed by atoms with Gasteiger partial charge in [-0.25, -0.2) is 8.42 Å². The first-order valence-electron chi connectivity index (χ1n) is 9.42. The van der Waals surface area contributed by atoms with Crippen LogP contribution in [-0.2, 0) is 19.6 Å². The van der Waals surface area contributed by atoms with Gasteiger partial charge < -0.3 is 10.1 Å². The van der Waals surface area contributed by atoms with Crippen LogP contribution in [0, 0.1) is 10.1 Å². The lowest BCUT2D eigenvalue weighted by molar-refractivity contribution is -0.384. The van der Waals surface area contributed by atoms with Crippen molar-refractivity contribution in [2.24, 2.45) is 0 Å². The van der Waals surface area contributed by atoms with Crippen molar-refractivity contribution < 1.29 is 22.9 Å². The molecule has 0 aliphatic heterocycles. The molecule has 2 aromatic rings. The highest BCUT2D eigenvalue weighted by atomic mass is 32.2. The van der Waals surface area contributed by atoms with Crippen molar-refractivity contribution in [2.75, 3.05) is 24.0 Å². The van der Waals surface area contributed by atoms with E-state index in [1.165, 1.54) is 36.4 Å². The molecule has 0 saturated carbocycles. The van der Waals surface area contributed by atoms with Gasteiger partial charge in [-0.2, -0.15) is 0 Å². The lowest BCUT2D eigenvalue weighted by atomic mass is 10.3. The maximum Gasteiger partial charge on any atom is 0.269 e. The molecule has 9 nitrogen and oxygen atoms in total. The minimum Gasteiger partial charge on any atom is -0.379 e. The summed E-state index contributed by atoms with van der Waals surface area (Å²) >= 11 is 0. The van der Waals surface area contributed by atoms with Gasteiger partial charge in [0.15, 0.2) is 0 Å². The van der Waals surface area contributed by atoms with E-state index in [4.69, 9.17) is 4.74 Å². The van der Waals surface area contributed by atoms with Crippen molar-refractivity contribution >= 4 is 27.3 Å². The number of benzene rings is 2. The van der Waals surface area contributed by atoms with E-state index in [-0.39, 0.29) is 22.4 Å². The second kappa shape index (κ2) is 10.7. The molecule has 0 spiro atoms. The van der Waals surface area contributed by atoms with E-state index < -0.39 is 27.4 Å². The molecule has 1 N–H and O–H groups in total. The summed E-state index contributed by atoms with van der Waals surface area (Å²) in [5, 5.41) is 13.6. The minimum atomic E-state index is -4.05. The Balaban J connectivity index is 2.19. The predicted molar refractivity (Wildman–Crippen MR) is 113 cm³/mol. The van der Waals surface area contributed by atoms with Crippen LogP contribution in [0.2, 0.25) is 0 Å². The first-order chi connectivity index (χ1) is 14.2. The smallest absolute Gasteiger partial charge is 0.269 e. The van der Waals surface area contributed by atoms with E-state index in [1.54, 1.807) is 18.2 Å². The van der Waals surface area contributed by atoms with E-state index >= 15 is 0 Å². The predicted octanol–water partition coefficient (Wildman–Crippen LogP) is 2.72. The Kier molecular flexibility index (Phi) is 8.31. The lowest BCUT2D eigenvalue weighted by Crippen LogP contribution is -2.41. The van der Waals surface area contributed by atoms with Crippen molar-refractivity contribution in [3.05, 3.63) is 64.7 Å². The van der Waals surface area contributed by atoms with Crippen LogP contribution in [0.4, 0.5) is 11.4 Å². The molecule has 30 heavy (non-hydrogen) atoms. The summed E-state index contributed by atoms with van der Waals surface area (Å²) in [5.41, 5.74) is -0.0202. The van der Waals surface area contributed by atoms with Crippen LogP contribution in [0.3, 0.4) is 0 Å². The number of carbonyl (C=O) groups is 1. The molecule has 2 rings (SSSR count). The first kappa shape index (κ1) is 23.3. The molecule has 1 amide bonds. The summed E-state index contributed by atoms with van der Waals surface area (Å²) in [4.78, 5) is 22.7. The Morgan fingerprint density at radius 2 is 1.77 bits per heavy atom. The number of nitrogens with zero attached hydrogens (tertiary/aromatic N) is 2. The molecule has 162 valence electrons. The van der Waals surface area contributed by atoms with Crippen molar-refractivity contribution in [3.8, 4) is 0 Å². The molecule has 0 unspecified atom stereocenters. The van der Waals surface area contributed by atoms with Gasteiger partial charge in [-0.05, 0) is 44.5 Å². The van der Waals surface area contributed by atoms with Crippen LogP contribution in [0.1, 0.15) is 20.3 Å². The molecule has 0 saturated heterocycles. The van der Waals surface area contributed by atoms with Gasteiger partial charge in [0.2, 0.25) is 5.91 Å². The van der Waals surface area contributed by atoms with E-state index in [0.29, 0.717) is 19.6 Å². The zero-order valence-electron chi connectivity index (χ0n) is 16.9. The number of nitrogens with one attached hydrogen (secondary N) is 1. The first-order valence-corrected chi connectivity index (χ1v) is 10.9. The molecule has 0 aliphatic carbocycles. The summed E-state index contributed by atoms with van der Waals surface area (Å²) in [6.45, 7) is 4.18.